The van der Waals surface area contributed by atoms with E-state index in [1.807, 2.05) is 5.32 Å². The molecule has 0 bridgehead atoms. The van der Waals surface area contributed by atoms with Crippen LogP contribution in [-0.2, 0) is 23.9 Å². The van der Waals surface area contributed by atoms with Gasteiger partial charge >= 0.3 is 17.9 Å². The lowest BCUT2D eigenvalue weighted by Crippen LogP contribution is -2.50. The van der Waals surface area contributed by atoms with Crippen LogP contribution < -0.4 is 5.32 Å². The molecule has 0 saturated carbocycles. The molecule has 0 heterocycles. The normalized spacial score (nSPS) is 12.9. The van der Waals surface area contributed by atoms with E-state index in [0.717, 1.165) is 21.1 Å². The molecule has 0 fully saturated rings. The average Bonchev–Trinajstić information content (AvgIpc) is 2.57. The van der Waals surface area contributed by atoms with Gasteiger partial charge in [0.2, 0.25) is 0 Å². The van der Waals surface area contributed by atoms with E-state index >= 15 is 0 Å². The number of methoxy groups -OCH3 is 2. The van der Waals surface area contributed by atoms with Gasteiger partial charge in [0.05, 0.1) is 14.2 Å². The third-order valence-corrected chi connectivity index (χ3v) is 3.75. The number of esters is 2. The summed E-state index contributed by atoms with van der Waals surface area (Å²) in [5, 5.41) is 11.1. The van der Waals surface area contributed by atoms with Crippen molar-refractivity contribution in [3.63, 3.8) is 0 Å². The lowest BCUT2D eigenvalue weighted by atomic mass is 9.87. The summed E-state index contributed by atoms with van der Waals surface area (Å²) in [4.78, 5) is 47.2. The van der Waals surface area contributed by atoms with Crippen LogP contribution in [0.4, 0.5) is 13.2 Å². The summed E-state index contributed by atoms with van der Waals surface area (Å²) in [6.07, 6.45) is 0. The Balaban J connectivity index is 3.22. The van der Waals surface area contributed by atoms with Crippen molar-refractivity contribution in [1.82, 2.24) is 5.32 Å². The van der Waals surface area contributed by atoms with Gasteiger partial charge in [-0.2, -0.15) is 0 Å². The van der Waals surface area contributed by atoms with Crippen LogP contribution in [0.2, 0.25) is 0 Å². The van der Waals surface area contributed by atoms with E-state index in [0.29, 0.717) is 0 Å². The molecule has 11 heteroatoms. The molecule has 1 aromatic rings. The lowest BCUT2D eigenvalue weighted by molar-refractivity contribution is -0.162. The Hall–Kier alpha value is -3.11. The van der Waals surface area contributed by atoms with Crippen LogP contribution in [0.25, 0.3) is 0 Å². The van der Waals surface area contributed by atoms with Crippen molar-refractivity contribution in [3.8, 4) is 0 Å². The van der Waals surface area contributed by atoms with Gasteiger partial charge < -0.3 is 19.9 Å². The monoisotopic (exact) mass is 391 g/mol. The number of rotatable bonds is 7. The zero-order valence-electron chi connectivity index (χ0n) is 14.4. The highest BCUT2D eigenvalue weighted by molar-refractivity contribution is 5.99. The Kier molecular flexibility index (Phi) is 7.32. The van der Waals surface area contributed by atoms with Crippen LogP contribution in [0.1, 0.15) is 17.3 Å². The van der Waals surface area contributed by atoms with Gasteiger partial charge in [-0.3, -0.25) is 14.4 Å². The first kappa shape index (κ1) is 21.9. The zero-order chi connectivity index (χ0) is 20.9. The lowest BCUT2D eigenvalue weighted by Gasteiger charge is -2.26. The van der Waals surface area contributed by atoms with Gasteiger partial charge in [0.1, 0.15) is 29.1 Å². The van der Waals surface area contributed by atoms with E-state index in [-0.39, 0.29) is 12.1 Å². The van der Waals surface area contributed by atoms with Crippen LogP contribution in [0.15, 0.2) is 12.1 Å². The summed E-state index contributed by atoms with van der Waals surface area (Å²) in [7, 11) is 1.89. The minimum Gasteiger partial charge on any atom is -0.480 e. The molecule has 8 nitrogen and oxygen atoms in total. The molecule has 0 aliphatic heterocycles. The molecule has 2 atom stereocenters. The first-order valence-corrected chi connectivity index (χ1v) is 7.39. The maximum Gasteiger partial charge on any atom is 0.326 e. The number of nitrogens with one attached hydrogen (secondary N) is 1. The molecule has 1 rings (SSSR count). The number of ether oxygens (including phenoxy) is 2. The Morgan fingerprint density at radius 3 is 1.81 bits per heavy atom. The molecule has 0 unspecified atom stereocenters. The van der Waals surface area contributed by atoms with Gasteiger partial charge in [-0.05, 0) is 0 Å². The number of benzene rings is 1. The van der Waals surface area contributed by atoms with Crippen molar-refractivity contribution >= 4 is 23.8 Å². The Labute approximate surface area is 151 Å². The second kappa shape index (κ2) is 9.01. The van der Waals surface area contributed by atoms with Crippen molar-refractivity contribution in [2.24, 2.45) is 11.8 Å². The Morgan fingerprint density at radius 1 is 1.00 bits per heavy atom. The van der Waals surface area contributed by atoms with E-state index in [1.165, 1.54) is 0 Å². The van der Waals surface area contributed by atoms with Crippen molar-refractivity contribution in [1.29, 1.82) is 0 Å². The van der Waals surface area contributed by atoms with E-state index in [2.05, 4.69) is 9.47 Å². The highest BCUT2D eigenvalue weighted by atomic mass is 19.1. The number of halogens is 3. The van der Waals surface area contributed by atoms with Gasteiger partial charge in [0.25, 0.3) is 5.91 Å². The van der Waals surface area contributed by atoms with Gasteiger partial charge in [-0.1, -0.05) is 6.92 Å². The summed E-state index contributed by atoms with van der Waals surface area (Å²) in [6, 6.07) is -1.45. The smallest absolute Gasteiger partial charge is 0.326 e. The SMILES string of the molecule is COC(=O)C(C(=O)OC)[C@@H](C)[C@@H](NC(=O)c1c(F)cc(F)cc1F)C(=O)O. The molecule has 0 aromatic heterocycles. The molecule has 0 aliphatic carbocycles. The average molecular weight is 391 g/mol. The van der Waals surface area contributed by atoms with E-state index in [4.69, 9.17) is 0 Å². The van der Waals surface area contributed by atoms with Gasteiger partial charge in [0.15, 0.2) is 5.92 Å². The van der Waals surface area contributed by atoms with Crippen LogP contribution in [0.5, 0.6) is 0 Å². The molecular weight excluding hydrogens is 375 g/mol. The van der Waals surface area contributed by atoms with E-state index in [1.54, 1.807) is 0 Å². The summed E-state index contributed by atoms with van der Waals surface area (Å²) < 4.78 is 49.2. The van der Waals surface area contributed by atoms with E-state index < -0.39 is 64.7 Å². The standard InChI is InChI=1S/C16H16F3NO7/c1-6(10(15(24)26-2)16(25)27-3)12(14(22)23)20-13(21)11-8(18)4-7(17)5-9(11)19/h4-6,10,12H,1-3H3,(H,20,21)(H,22,23)/t6-,12-/m1/s1. The highest BCUT2D eigenvalue weighted by Crippen LogP contribution is 2.21. The molecule has 0 aliphatic rings. The molecular formula is C16H16F3NO7. The van der Waals surface area contributed by atoms with Crippen LogP contribution >= 0.6 is 0 Å². The number of amides is 1. The summed E-state index contributed by atoms with van der Waals surface area (Å²) in [5.74, 6) is -13.0. The Bertz CT molecular complexity index is 729. The second-order valence-electron chi connectivity index (χ2n) is 5.42. The first-order chi connectivity index (χ1) is 12.5. The fourth-order valence-electron chi connectivity index (χ4n) is 2.36. The number of carboxylic acids is 1. The molecule has 148 valence electrons. The number of carbonyl (C=O) groups is 4. The quantitative estimate of drug-likeness (QED) is 0.523. The number of hydrogen-bond acceptors (Lipinski definition) is 6. The summed E-state index contributed by atoms with van der Waals surface area (Å²) in [5.41, 5.74) is -1.22. The molecule has 0 radical (unpaired) electrons. The van der Waals surface area contributed by atoms with Gasteiger partial charge in [0, 0.05) is 18.1 Å². The molecule has 1 aromatic carbocycles. The van der Waals surface area contributed by atoms with Crippen molar-refractivity contribution in [2.45, 2.75) is 13.0 Å². The van der Waals surface area contributed by atoms with Crippen LogP contribution in [0, 0.1) is 29.3 Å². The molecule has 2 N–H and O–H groups in total. The number of hydrogen-bond donors (Lipinski definition) is 2. The van der Waals surface area contributed by atoms with Gasteiger partial charge in [-0.15, -0.1) is 0 Å². The molecule has 0 spiro atoms. The maximum atomic E-state index is 13.7. The number of carboxylic acid groups (broad SMARTS) is 1. The topological polar surface area (TPSA) is 119 Å². The van der Waals surface area contributed by atoms with Crippen molar-refractivity contribution in [2.75, 3.05) is 14.2 Å². The fourth-order valence-corrected chi connectivity index (χ4v) is 2.36. The predicted octanol–water partition coefficient (Wildman–Crippen LogP) is 0.885. The van der Waals surface area contributed by atoms with Crippen LogP contribution in [0.3, 0.4) is 0 Å². The predicted molar refractivity (Wildman–Crippen MR) is 81.9 cm³/mol. The fraction of sp³-hybridized carbons (Fsp3) is 0.375. The first-order valence-electron chi connectivity index (χ1n) is 7.39. The minimum atomic E-state index is -1.93. The van der Waals surface area contributed by atoms with E-state index in [9.17, 15) is 37.5 Å². The van der Waals surface area contributed by atoms with Crippen molar-refractivity contribution in [3.05, 3.63) is 35.1 Å². The molecule has 27 heavy (non-hydrogen) atoms. The number of carbonyl (C=O) groups excluding carboxylic acids is 3. The number of aliphatic carboxylic acids is 1. The largest absolute Gasteiger partial charge is 0.480 e. The van der Waals surface area contributed by atoms with Crippen molar-refractivity contribution < 1.29 is 46.9 Å². The highest BCUT2D eigenvalue weighted by Gasteiger charge is 2.42. The second-order valence-corrected chi connectivity index (χ2v) is 5.42. The third kappa shape index (κ3) is 4.96. The van der Waals surface area contributed by atoms with Crippen LogP contribution in [-0.4, -0.2) is 49.2 Å². The third-order valence-electron chi connectivity index (χ3n) is 3.75. The zero-order valence-corrected chi connectivity index (χ0v) is 14.4. The Morgan fingerprint density at radius 2 is 1.44 bits per heavy atom. The summed E-state index contributed by atoms with van der Waals surface area (Å²) in [6.45, 7) is 1.12. The maximum absolute atomic E-state index is 13.7. The minimum absolute atomic E-state index is 0.239. The van der Waals surface area contributed by atoms with Gasteiger partial charge in [-0.25, -0.2) is 18.0 Å². The molecule has 1 amide bonds. The molecule has 0 saturated heterocycles. The summed E-state index contributed by atoms with van der Waals surface area (Å²) >= 11 is 0.